The fourth-order valence-electron chi connectivity index (χ4n) is 1.86. The van der Waals surface area contributed by atoms with Gasteiger partial charge in [0.1, 0.15) is 5.60 Å². The Labute approximate surface area is 150 Å². The number of rotatable bonds is 11. The van der Waals surface area contributed by atoms with E-state index < -0.39 is 11.7 Å². The minimum absolute atomic E-state index is 0.0391. The Hall–Kier alpha value is -1.01. The lowest BCUT2D eigenvalue weighted by Crippen LogP contribution is -2.34. The van der Waals surface area contributed by atoms with Crippen molar-refractivity contribution in [1.29, 1.82) is 0 Å². The molecule has 0 aliphatic heterocycles. The molecule has 0 bridgehead atoms. The Morgan fingerprint density at radius 2 is 1.83 bits per heavy atom. The number of carbonyl (C=O) groups is 2. The summed E-state index contributed by atoms with van der Waals surface area (Å²) in [5.41, 5.74) is -0.534. The monoisotopic (exact) mass is 365 g/mol. The molecule has 0 aromatic heterocycles. The molecule has 0 saturated carbocycles. The molecule has 142 valence electrons. The quantitative estimate of drug-likeness (QED) is 0.343. The van der Waals surface area contributed by atoms with Crippen LogP contribution in [-0.2, 0) is 19.0 Å². The fraction of sp³-hybridized carbons (Fsp3) is 0.882. The summed E-state index contributed by atoms with van der Waals surface area (Å²) in [6.45, 7) is 11.2. The smallest absolute Gasteiger partial charge is 0.407 e. The van der Waals surface area contributed by atoms with E-state index in [1.54, 1.807) is 20.8 Å². The number of ether oxygens (including phenoxy) is 3. The number of amides is 1. The van der Waals surface area contributed by atoms with E-state index >= 15 is 0 Å². The maximum absolute atomic E-state index is 11.6. The minimum Gasteiger partial charge on any atom is -0.449 e. The topological polar surface area (TPSA) is 73.9 Å². The Morgan fingerprint density at radius 3 is 2.38 bits per heavy atom. The summed E-state index contributed by atoms with van der Waals surface area (Å²) in [7, 11) is 0. The summed E-state index contributed by atoms with van der Waals surface area (Å²) in [5, 5.41) is 2.69. The second kappa shape index (κ2) is 12.4. The summed E-state index contributed by atoms with van der Waals surface area (Å²) in [5.74, 6) is 0.168. The fourth-order valence-corrected chi connectivity index (χ4v) is 1.98. The molecule has 0 aromatic rings. The van der Waals surface area contributed by atoms with E-state index in [1.807, 2.05) is 0 Å². The minimum atomic E-state index is -0.534. The molecule has 1 atom stereocenters. The number of hydrogen-bond acceptors (Lipinski definition) is 5. The van der Waals surface area contributed by atoms with Crippen LogP contribution in [0, 0.1) is 11.8 Å². The molecule has 0 aliphatic carbocycles. The van der Waals surface area contributed by atoms with Crippen LogP contribution in [0.15, 0.2) is 0 Å². The summed E-state index contributed by atoms with van der Waals surface area (Å²) in [6, 6.07) is -0.157. The van der Waals surface area contributed by atoms with Crippen LogP contribution in [0.2, 0.25) is 0 Å². The van der Waals surface area contributed by atoms with Gasteiger partial charge in [-0.2, -0.15) is 0 Å². The zero-order chi connectivity index (χ0) is 18.6. The highest BCUT2D eigenvalue weighted by molar-refractivity contribution is 6.17. The molecule has 1 amide bonds. The van der Waals surface area contributed by atoms with Crippen molar-refractivity contribution in [2.45, 2.75) is 59.5 Å². The van der Waals surface area contributed by atoms with Crippen LogP contribution < -0.4 is 5.32 Å². The maximum Gasteiger partial charge on any atom is 0.407 e. The van der Waals surface area contributed by atoms with Crippen molar-refractivity contribution in [3.8, 4) is 0 Å². The van der Waals surface area contributed by atoms with Gasteiger partial charge in [-0.05, 0) is 45.4 Å². The van der Waals surface area contributed by atoms with E-state index in [-0.39, 0.29) is 24.4 Å². The third-order valence-electron chi connectivity index (χ3n) is 3.08. The van der Waals surface area contributed by atoms with Crippen molar-refractivity contribution in [1.82, 2.24) is 5.32 Å². The first-order chi connectivity index (χ1) is 11.1. The van der Waals surface area contributed by atoms with Gasteiger partial charge in [0.15, 0.2) is 6.07 Å². The molecule has 0 spiro atoms. The molecule has 0 radical (unpaired) electrons. The molecule has 6 nitrogen and oxygen atoms in total. The molecule has 24 heavy (non-hydrogen) atoms. The van der Waals surface area contributed by atoms with Gasteiger partial charge in [-0.15, -0.1) is 0 Å². The van der Waals surface area contributed by atoms with Crippen LogP contribution in [-0.4, -0.2) is 43.5 Å². The average molecular weight is 366 g/mol. The van der Waals surface area contributed by atoms with Gasteiger partial charge in [-0.3, -0.25) is 4.79 Å². The summed E-state index contributed by atoms with van der Waals surface area (Å²) >= 11 is 5.40. The highest BCUT2D eigenvalue weighted by Crippen LogP contribution is 2.12. The molecule has 0 aliphatic rings. The van der Waals surface area contributed by atoms with Gasteiger partial charge in [0, 0.05) is 13.2 Å². The number of esters is 1. The number of halogens is 1. The van der Waals surface area contributed by atoms with Gasteiger partial charge >= 0.3 is 12.1 Å². The molecule has 0 saturated heterocycles. The Morgan fingerprint density at radius 1 is 1.17 bits per heavy atom. The summed E-state index contributed by atoms with van der Waals surface area (Å²) < 4.78 is 15.6. The lowest BCUT2D eigenvalue weighted by molar-refractivity contribution is -0.143. The normalized spacial score (nSPS) is 12.8. The number of alkyl halides is 1. The van der Waals surface area contributed by atoms with Crippen LogP contribution >= 0.6 is 11.6 Å². The van der Waals surface area contributed by atoms with Crippen LogP contribution in [0.3, 0.4) is 0 Å². The molecule has 1 N–H and O–H groups in total. The molecule has 0 fully saturated rings. The molecular formula is C17H32ClNO5. The molecule has 0 heterocycles. The van der Waals surface area contributed by atoms with Crippen molar-refractivity contribution < 1.29 is 23.8 Å². The first-order valence-corrected chi connectivity index (χ1v) is 8.93. The highest BCUT2D eigenvalue weighted by Gasteiger charge is 2.18. The second-order valence-electron chi connectivity index (χ2n) is 7.17. The summed E-state index contributed by atoms with van der Waals surface area (Å²) in [6.07, 6.45) is 1.31. The Kier molecular flexibility index (Phi) is 11.8. The van der Waals surface area contributed by atoms with Gasteiger partial charge in [-0.25, -0.2) is 4.79 Å². The lowest BCUT2D eigenvalue weighted by atomic mass is 10.0. The zero-order valence-corrected chi connectivity index (χ0v) is 16.3. The zero-order valence-electron chi connectivity index (χ0n) is 15.5. The van der Waals surface area contributed by atoms with Gasteiger partial charge in [0.25, 0.3) is 0 Å². The molecule has 0 aromatic carbocycles. The van der Waals surface area contributed by atoms with Crippen LogP contribution in [0.25, 0.3) is 0 Å². The predicted molar refractivity (Wildman–Crippen MR) is 94.0 cm³/mol. The maximum atomic E-state index is 11.6. The van der Waals surface area contributed by atoms with E-state index in [0.29, 0.717) is 32.1 Å². The van der Waals surface area contributed by atoms with Gasteiger partial charge in [-0.1, -0.05) is 25.4 Å². The van der Waals surface area contributed by atoms with E-state index in [4.69, 9.17) is 25.8 Å². The highest BCUT2D eigenvalue weighted by atomic mass is 35.5. The Bertz CT molecular complexity index is 368. The van der Waals surface area contributed by atoms with E-state index in [0.717, 1.165) is 6.42 Å². The number of carbonyl (C=O) groups excluding carboxylic acids is 2. The van der Waals surface area contributed by atoms with Gasteiger partial charge in [0.2, 0.25) is 0 Å². The van der Waals surface area contributed by atoms with Crippen molar-refractivity contribution in [2.75, 3.05) is 25.8 Å². The Balaban J connectivity index is 4.22. The third-order valence-corrected chi connectivity index (χ3v) is 3.19. The lowest BCUT2D eigenvalue weighted by Gasteiger charge is -2.21. The standard InChI is InChI=1S/C17H32ClNO5/c1-13(2)7-9-22-11-14(10-15(20)23-12-18)6-8-19-16(21)24-17(3,4)5/h13-14H,6-12H2,1-5H3,(H,19,21). The first kappa shape index (κ1) is 23.0. The van der Waals surface area contributed by atoms with Gasteiger partial charge in [0.05, 0.1) is 13.0 Å². The van der Waals surface area contributed by atoms with Crippen molar-refractivity contribution in [3.05, 3.63) is 0 Å². The van der Waals surface area contributed by atoms with Gasteiger partial charge < -0.3 is 19.5 Å². The van der Waals surface area contributed by atoms with E-state index in [9.17, 15) is 9.59 Å². The van der Waals surface area contributed by atoms with E-state index in [2.05, 4.69) is 19.2 Å². The largest absolute Gasteiger partial charge is 0.449 e. The average Bonchev–Trinajstić information content (AvgIpc) is 2.41. The first-order valence-electron chi connectivity index (χ1n) is 8.40. The third kappa shape index (κ3) is 14.6. The molecule has 7 heteroatoms. The van der Waals surface area contributed by atoms with Crippen LogP contribution in [0.5, 0.6) is 0 Å². The summed E-state index contributed by atoms with van der Waals surface area (Å²) in [4.78, 5) is 23.2. The SMILES string of the molecule is CC(C)CCOCC(CCNC(=O)OC(C)(C)C)CC(=O)OCCl. The van der Waals surface area contributed by atoms with E-state index in [1.165, 1.54) is 0 Å². The molecular weight excluding hydrogens is 334 g/mol. The molecule has 1 unspecified atom stereocenters. The van der Waals surface area contributed by atoms with Crippen LogP contribution in [0.1, 0.15) is 53.9 Å². The van der Waals surface area contributed by atoms with Crippen molar-refractivity contribution >= 4 is 23.7 Å². The predicted octanol–water partition coefficient (Wildman–Crippen LogP) is 3.71. The number of nitrogens with one attached hydrogen (secondary N) is 1. The van der Waals surface area contributed by atoms with Crippen molar-refractivity contribution in [2.24, 2.45) is 11.8 Å². The van der Waals surface area contributed by atoms with Crippen LogP contribution in [0.4, 0.5) is 4.79 Å². The number of hydrogen-bond donors (Lipinski definition) is 1. The second-order valence-corrected chi connectivity index (χ2v) is 7.39. The number of alkyl carbamates (subject to hydrolysis) is 1. The molecule has 0 rings (SSSR count). The van der Waals surface area contributed by atoms with Crippen molar-refractivity contribution in [3.63, 3.8) is 0 Å².